The molecule has 0 saturated carbocycles. The standard InChI is InChI=1S/C11H18ClN2/c1-11(2,13-12)7-6-10-14-8-4-3-5-9-14/h3-5,8-9,13H,6-7,10H2,1-2H3/q+1. The number of halogens is 1. The van der Waals surface area contributed by atoms with Crippen molar-refractivity contribution in [1.29, 1.82) is 0 Å². The largest absolute Gasteiger partial charge is 0.228 e. The molecule has 0 aliphatic rings. The van der Waals surface area contributed by atoms with Crippen LogP contribution in [0.2, 0.25) is 0 Å². The molecule has 0 radical (unpaired) electrons. The molecule has 0 unspecified atom stereocenters. The van der Waals surface area contributed by atoms with Gasteiger partial charge in [0.15, 0.2) is 12.4 Å². The second-order valence-electron chi connectivity index (χ2n) is 4.20. The van der Waals surface area contributed by atoms with E-state index in [4.69, 9.17) is 11.8 Å². The number of nitrogens with one attached hydrogen (secondary N) is 1. The van der Waals surface area contributed by atoms with Crippen molar-refractivity contribution in [3.8, 4) is 0 Å². The highest BCUT2D eigenvalue weighted by Crippen LogP contribution is 2.11. The number of rotatable bonds is 5. The molecule has 0 fully saturated rings. The van der Waals surface area contributed by atoms with Gasteiger partial charge in [-0.15, -0.1) is 0 Å². The predicted molar refractivity (Wildman–Crippen MR) is 58.9 cm³/mol. The average Bonchev–Trinajstić information content (AvgIpc) is 2.19. The van der Waals surface area contributed by atoms with Gasteiger partial charge in [-0.25, -0.2) is 9.40 Å². The summed E-state index contributed by atoms with van der Waals surface area (Å²) in [7, 11) is 0. The van der Waals surface area contributed by atoms with Crippen LogP contribution in [0.15, 0.2) is 30.6 Å². The Balaban J connectivity index is 2.29. The summed E-state index contributed by atoms with van der Waals surface area (Å²) in [6.07, 6.45) is 6.36. The van der Waals surface area contributed by atoms with Gasteiger partial charge in [0.05, 0.1) is 0 Å². The summed E-state index contributed by atoms with van der Waals surface area (Å²) in [6, 6.07) is 6.12. The lowest BCUT2D eigenvalue weighted by Gasteiger charge is -2.20. The molecule has 0 saturated heterocycles. The fourth-order valence-corrected chi connectivity index (χ4v) is 1.43. The maximum Gasteiger partial charge on any atom is 0.168 e. The van der Waals surface area contributed by atoms with E-state index in [1.807, 2.05) is 18.2 Å². The first-order chi connectivity index (χ1) is 6.64. The maximum atomic E-state index is 5.62. The summed E-state index contributed by atoms with van der Waals surface area (Å²) in [5, 5.41) is 0. The van der Waals surface area contributed by atoms with Crippen molar-refractivity contribution in [2.24, 2.45) is 0 Å². The van der Waals surface area contributed by atoms with Crippen molar-refractivity contribution in [2.75, 3.05) is 0 Å². The first-order valence-corrected chi connectivity index (χ1v) is 5.34. The predicted octanol–water partition coefficient (Wildman–Crippen LogP) is 2.28. The molecule has 14 heavy (non-hydrogen) atoms. The van der Waals surface area contributed by atoms with Crippen LogP contribution >= 0.6 is 11.8 Å². The van der Waals surface area contributed by atoms with E-state index in [0.717, 1.165) is 19.4 Å². The van der Waals surface area contributed by atoms with Crippen LogP contribution in [0.5, 0.6) is 0 Å². The van der Waals surface area contributed by atoms with Crippen molar-refractivity contribution in [1.82, 2.24) is 4.84 Å². The molecule has 1 rings (SSSR count). The lowest BCUT2D eigenvalue weighted by Crippen LogP contribution is -2.36. The molecule has 0 amide bonds. The Hall–Kier alpha value is -0.600. The van der Waals surface area contributed by atoms with Gasteiger partial charge in [0.1, 0.15) is 6.54 Å². The van der Waals surface area contributed by atoms with Crippen molar-refractivity contribution in [2.45, 2.75) is 38.8 Å². The zero-order chi connectivity index (χ0) is 10.4. The lowest BCUT2D eigenvalue weighted by atomic mass is 10.0. The summed E-state index contributed by atoms with van der Waals surface area (Å²) >= 11 is 5.62. The SMILES string of the molecule is CC(C)(CCC[n+]1ccccc1)NCl. The van der Waals surface area contributed by atoms with Gasteiger partial charge in [-0.2, -0.15) is 0 Å². The van der Waals surface area contributed by atoms with E-state index >= 15 is 0 Å². The fourth-order valence-electron chi connectivity index (χ4n) is 1.33. The van der Waals surface area contributed by atoms with Gasteiger partial charge < -0.3 is 0 Å². The molecule has 0 aliphatic heterocycles. The summed E-state index contributed by atoms with van der Waals surface area (Å²) < 4.78 is 2.18. The second-order valence-corrected chi connectivity index (χ2v) is 4.38. The first kappa shape index (κ1) is 11.5. The highest BCUT2D eigenvalue weighted by Gasteiger charge is 2.15. The molecule has 0 spiro atoms. The Morgan fingerprint density at radius 2 is 1.86 bits per heavy atom. The molecule has 1 N–H and O–H groups in total. The smallest absolute Gasteiger partial charge is 0.168 e. The molecular weight excluding hydrogens is 196 g/mol. The molecule has 0 atom stereocenters. The van der Waals surface area contributed by atoms with E-state index in [1.54, 1.807) is 0 Å². The summed E-state index contributed by atoms with van der Waals surface area (Å²) in [5.74, 6) is 0. The van der Waals surface area contributed by atoms with E-state index < -0.39 is 0 Å². The van der Waals surface area contributed by atoms with Gasteiger partial charge in [0.2, 0.25) is 0 Å². The Kier molecular flexibility index (Phi) is 4.36. The molecule has 1 aromatic heterocycles. The third kappa shape index (κ3) is 4.07. The molecule has 0 aliphatic carbocycles. The molecule has 2 nitrogen and oxygen atoms in total. The van der Waals surface area contributed by atoms with Gasteiger partial charge in [-0.05, 0) is 32.0 Å². The number of aromatic nitrogens is 1. The van der Waals surface area contributed by atoms with Crippen LogP contribution in [-0.2, 0) is 6.54 Å². The van der Waals surface area contributed by atoms with E-state index in [2.05, 4.69) is 35.6 Å². The van der Waals surface area contributed by atoms with Crippen molar-refractivity contribution < 1.29 is 4.57 Å². The topological polar surface area (TPSA) is 15.9 Å². The molecule has 0 bridgehead atoms. The number of nitrogens with zero attached hydrogens (tertiary/aromatic N) is 1. The zero-order valence-corrected chi connectivity index (χ0v) is 9.59. The van der Waals surface area contributed by atoms with Crippen molar-refractivity contribution >= 4 is 11.8 Å². The quantitative estimate of drug-likeness (QED) is 0.586. The summed E-state index contributed by atoms with van der Waals surface area (Å²) in [6.45, 7) is 5.26. The van der Waals surface area contributed by atoms with Gasteiger partial charge in [-0.3, -0.25) is 0 Å². The number of aryl methyl sites for hydroxylation is 1. The molecule has 1 heterocycles. The van der Waals surface area contributed by atoms with Gasteiger partial charge in [-0.1, -0.05) is 6.07 Å². The molecule has 3 heteroatoms. The number of hydrogen-bond acceptors (Lipinski definition) is 1. The van der Waals surface area contributed by atoms with E-state index in [0.29, 0.717) is 0 Å². The van der Waals surface area contributed by atoms with Crippen LogP contribution in [0.25, 0.3) is 0 Å². The van der Waals surface area contributed by atoms with E-state index in [9.17, 15) is 0 Å². The van der Waals surface area contributed by atoms with Gasteiger partial charge in [0, 0.05) is 24.1 Å². The summed E-state index contributed by atoms with van der Waals surface area (Å²) in [4.78, 5) is 2.79. The summed E-state index contributed by atoms with van der Waals surface area (Å²) in [5.41, 5.74) is 0.0247. The molecular formula is C11H18ClN2+. The van der Waals surface area contributed by atoms with Crippen LogP contribution < -0.4 is 9.40 Å². The minimum atomic E-state index is 0.0247. The van der Waals surface area contributed by atoms with E-state index in [1.165, 1.54) is 0 Å². The third-order valence-corrected chi connectivity index (χ3v) is 2.76. The Morgan fingerprint density at radius 1 is 1.21 bits per heavy atom. The second kappa shape index (κ2) is 5.32. The van der Waals surface area contributed by atoms with Crippen molar-refractivity contribution in [3.05, 3.63) is 30.6 Å². The lowest BCUT2D eigenvalue weighted by molar-refractivity contribution is -0.697. The average molecular weight is 214 g/mol. The highest BCUT2D eigenvalue weighted by molar-refractivity contribution is 6.13. The number of hydrogen-bond donors (Lipinski definition) is 1. The maximum absolute atomic E-state index is 5.62. The van der Waals surface area contributed by atoms with Crippen LogP contribution in [-0.4, -0.2) is 5.54 Å². The Labute approximate surface area is 91.0 Å². The molecule has 0 aromatic carbocycles. The van der Waals surface area contributed by atoms with Crippen molar-refractivity contribution in [3.63, 3.8) is 0 Å². The van der Waals surface area contributed by atoms with Crippen LogP contribution in [0, 0.1) is 0 Å². The Morgan fingerprint density at radius 3 is 2.43 bits per heavy atom. The normalized spacial score (nSPS) is 11.6. The highest BCUT2D eigenvalue weighted by atomic mass is 35.5. The van der Waals surface area contributed by atoms with Crippen LogP contribution in [0.1, 0.15) is 26.7 Å². The minimum Gasteiger partial charge on any atom is -0.228 e. The molecule has 78 valence electrons. The van der Waals surface area contributed by atoms with Gasteiger partial charge in [0.25, 0.3) is 0 Å². The fraction of sp³-hybridized carbons (Fsp3) is 0.545. The monoisotopic (exact) mass is 213 g/mol. The van der Waals surface area contributed by atoms with E-state index in [-0.39, 0.29) is 5.54 Å². The van der Waals surface area contributed by atoms with Crippen LogP contribution in [0.3, 0.4) is 0 Å². The van der Waals surface area contributed by atoms with Crippen LogP contribution in [0.4, 0.5) is 0 Å². The zero-order valence-electron chi connectivity index (χ0n) is 8.83. The molecule has 1 aromatic rings. The third-order valence-electron chi connectivity index (χ3n) is 2.25. The first-order valence-electron chi connectivity index (χ1n) is 4.96. The minimum absolute atomic E-state index is 0.0247. The Bertz CT molecular complexity index is 259. The number of pyridine rings is 1. The van der Waals surface area contributed by atoms with Gasteiger partial charge >= 0.3 is 0 Å².